The molecule has 0 aromatic carbocycles. The maximum Gasteiger partial charge on any atom is 0.433 e. The zero-order valence-corrected chi connectivity index (χ0v) is 20.5. The molecule has 4 saturated carbocycles. The molecule has 0 radical (unpaired) electrons. The van der Waals surface area contributed by atoms with E-state index in [0.29, 0.717) is 29.6 Å². The molecule has 0 aliphatic heterocycles. The summed E-state index contributed by atoms with van der Waals surface area (Å²) in [6.45, 7) is 8.48. The Bertz CT molecular complexity index is 753. The predicted octanol–water partition coefficient (Wildman–Crippen LogP) is 4.93. The Labute approximate surface area is 193 Å². The van der Waals surface area contributed by atoms with Crippen molar-refractivity contribution in [2.75, 3.05) is 20.1 Å². The van der Waals surface area contributed by atoms with E-state index in [2.05, 4.69) is 29.6 Å². The lowest BCUT2D eigenvalue weighted by atomic mass is 9.44. The number of ketones is 1. The van der Waals surface area contributed by atoms with Crippen LogP contribution in [0.4, 0.5) is 4.79 Å². The lowest BCUT2D eigenvalue weighted by Gasteiger charge is -2.60. The minimum Gasteiger partial charge on any atom is -0.320 e. The molecule has 0 saturated heterocycles. The van der Waals surface area contributed by atoms with Crippen LogP contribution < -0.4 is 10.6 Å². The molecule has 0 aromatic rings. The molecule has 180 valence electrons. The van der Waals surface area contributed by atoms with E-state index >= 15 is 0 Å². The topological polar surface area (TPSA) is 79.8 Å². The van der Waals surface area contributed by atoms with E-state index in [9.17, 15) is 9.59 Å². The molecule has 0 bridgehead atoms. The highest BCUT2D eigenvalue weighted by atomic mass is 16.7. The number of amides is 1. The molecule has 4 rings (SSSR count). The van der Waals surface area contributed by atoms with Gasteiger partial charge in [-0.2, -0.15) is 0 Å². The van der Waals surface area contributed by atoms with Crippen LogP contribution in [-0.2, 0) is 9.63 Å². The van der Waals surface area contributed by atoms with Crippen molar-refractivity contribution in [1.82, 2.24) is 10.6 Å². The first kappa shape index (κ1) is 23.7. The van der Waals surface area contributed by atoms with Crippen LogP contribution in [0.25, 0.3) is 0 Å². The SMILES string of the molecule is CNCCCNC(=O)O/N=C(\C)[C@H]1CC[C@H]2[C@@H]3CC[C@@H]4CC(=O)CC[C@]4(C)[C@H]3CC[C@]12C. The molecule has 1 amide bonds. The Kier molecular flexibility index (Phi) is 7.00. The standard InChI is InChI=1S/C26H43N3O3/c1-17(29-32-24(31)28-15-5-14-27-4)21-8-9-22-20-7-6-18-16-19(30)10-12-25(18,2)23(20)11-13-26(21,22)3/h18,20-23,27H,5-16H2,1-4H3,(H,28,31)/b29-17+/t18-,20+,21-,22+,23+,25+,26-/m1/s1. The average molecular weight is 446 g/mol. The summed E-state index contributed by atoms with van der Waals surface area (Å²) in [5.74, 6) is 3.76. The molecular formula is C26H43N3O3. The molecule has 6 nitrogen and oxygen atoms in total. The largest absolute Gasteiger partial charge is 0.433 e. The Balaban J connectivity index is 1.40. The number of hydrogen-bond donors (Lipinski definition) is 2. The number of nitrogens with one attached hydrogen (secondary N) is 2. The number of hydrogen-bond acceptors (Lipinski definition) is 5. The van der Waals surface area contributed by atoms with Gasteiger partial charge in [-0.1, -0.05) is 19.0 Å². The molecule has 7 atom stereocenters. The summed E-state index contributed by atoms with van der Waals surface area (Å²) in [4.78, 5) is 29.3. The molecule has 4 aliphatic rings. The quantitative estimate of drug-likeness (QED) is 0.263. The highest BCUT2D eigenvalue weighted by Crippen LogP contribution is 2.67. The van der Waals surface area contributed by atoms with Crippen LogP contribution in [-0.4, -0.2) is 37.7 Å². The summed E-state index contributed by atoms with van der Waals surface area (Å²) < 4.78 is 0. The van der Waals surface area contributed by atoms with Crippen LogP contribution in [0.1, 0.15) is 85.0 Å². The lowest BCUT2D eigenvalue weighted by Crippen LogP contribution is -2.53. The number of carbonyl (C=O) groups excluding carboxylic acids is 2. The zero-order chi connectivity index (χ0) is 22.9. The number of Topliss-reactive ketones (excluding diaryl/α,β-unsaturated/α-hetero) is 1. The molecule has 32 heavy (non-hydrogen) atoms. The summed E-state index contributed by atoms with van der Waals surface area (Å²) in [7, 11) is 1.90. The van der Waals surface area contributed by atoms with Crippen LogP contribution in [0, 0.1) is 40.4 Å². The maximum absolute atomic E-state index is 12.1. The van der Waals surface area contributed by atoms with Gasteiger partial charge in [0.1, 0.15) is 5.78 Å². The minimum absolute atomic E-state index is 0.245. The van der Waals surface area contributed by atoms with Crippen molar-refractivity contribution in [3.05, 3.63) is 0 Å². The van der Waals surface area contributed by atoms with Crippen LogP contribution >= 0.6 is 0 Å². The van der Waals surface area contributed by atoms with Crippen molar-refractivity contribution < 1.29 is 14.4 Å². The summed E-state index contributed by atoms with van der Waals surface area (Å²) in [6, 6.07) is 0. The van der Waals surface area contributed by atoms with Crippen molar-refractivity contribution in [3.63, 3.8) is 0 Å². The van der Waals surface area contributed by atoms with Crippen molar-refractivity contribution in [3.8, 4) is 0 Å². The highest BCUT2D eigenvalue weighted by Gasteiger charge is 2.60. The monoisotopic (exact) mass is 445 g/mol. The fourth-order valence-corrected chi connectivity index (χ4v) is 8.40. The number of oxime groups is 1. The van der Waals surface area contributed by atoms with Crippen molar-refractivity contribution in [2.24, 2.45) is 45.6 Å². The molecule has 4 aliphatic carbocycles. The zero-order valence-electron chi connectivity index (χ0n) is 20.5. The molecule has 0 unspecified atom stereocenters. The van der Waals surface area contributed by atoms with E-state index in [0.717, 1.165) is 62.1 Å². The first-order chi connectivity index (χ1) is 15.3. The van der Waals surface area contributed by atoms with Gasteiger partial charge in [0.2, 0.25) is 0 Å². The average Bonchev–Trinajstić information content (AvgIpc) is 3.13. The molecule has 2 N–H and O–H groups in total. The number of rotatable bonds is 6. The summed E-state index contributed by atoms with van der Waals surface area (Å²) in [5, 5.41) is 10.1. The second-order valence-corrected chi connectivity index (χ2v) is 11.6. The fourth-order valence-electron chi connectivity index (χ4n) is 8.40. The fraction of sp³-hybridized carbons (Fsp3) is 0.885. The Hall–Kier alpha value is -1.43. The molecule has 4 fully saturated rings. The number of carbonyl (C=O) groups is 2. The van der Waals surface area contributed by atoms with Gasteiger partial charge in [-0.15, -0.1) is 0 Å². The van der Waals surface area contributed by atoms with Crippen molar-refractivity contribution in [1.29, 1.82) is 0 Å². The van der Waals surface area contributed by atoms with Gasteiger partial charge in [0.05, 0.1) is 5.71 Å². The van der Waals surface area contributed by atoms with Gasteiger partial charge in [0, 0.05) is 25.3 Å². The predicted molar refractivity (Wildman–Crippen MR) is 126 cm³/mol. The lowest BCUT2D eigenvalue weighted by molar-refractivity contribution is -0.138. The van der Waals surface area contributed by atoms with Gasteiger partial charge in [-0.3, -0.25) is 9.63 Å². The third-order valence-electron chi connectivity index (χ3n) is 10.1. The first-order valence-corrected chi connectivity index (χ1v) is 12.9. The van der Waals surface area contributed by atoms with Crippen LogP contribution in [0.15, 0.2) is 5.16 Å². The Morgan fingerprint density at radius 2 is 1.84 bits per heavy atom. The van der Waals surface area contributed by atoms with Crippen LogP contribution in [0.3, 0.4) is 0 Å². The first-order valence-electron chi connectivity index (χ1n) is 12.9. The van der Waals surface area contributed by atoms with E-state index in [4.69, 9.17) is 4.84 Å². The van der Waals surface area contributed by atoms with Gasteiger partial charge in [0.15, 0.2) is 0 Å². The third-order valence-corrected chi connectivity index (χ3v) is 10.1. The van der Waals surface area contributed by atoms with E-state index in [1.807, 2.05) is 14.0 Å². The van der Waals surface area contributed by atoms with Crippen LogP contribution in [0.5, 0.6) is 0 Å². The summed E-state index contributed by atoms with van der Waals surface area (Å²) >= 11 is 0. The molecule has 0 heterocycles. The Morgan fingerprint density at radius 1 is 1.06 bits per heavy atom. The second kappa shape index (κ2) is 9.44. The van der Waals surface area contributed by atoms with E-state index < -0.39 is 6.09 Å². The van der Waals surface area contributed by atoms with Crippen molar-refractivity contribution in [2.45, 2.75) is 85.0 Å². The molecular weight excluding hydrogens is 402 g/mol. The Morgan fingerprint density at radius 3 is 2.62 bits per heavy atom. The smallest absolute Gasteiger partial charge is 0.320 e. The molecule has 0 aromatic heterocycles. The van der Waals surface area contributed by atoms with Gasteiger partial charge in [-0.05, 0) is 106 Å². The van der Waals surface area contributed by atoms with Gasteiger partial charge in [-0.25, -0.2) is 4.79 Å². The van der Waals surface area contributed by atoms with E-state index in [-0.39, 0.29) is 5.41 Å². The highest BCUT2D eigenvalue weighted by molar-refractivity contribution is 5.85. The van der Waals surface area contributed by atoms with Gasteiger partial charge < -0.3 is 10.6 Å². The maximum atomic E-state index is 12.1. The molecule has 0 spiro atoms. The van der Waals surface area contributed by atoms with Gasteiger partial charge in [0.25, 0.3) is 0 Å². The second-order valence-electron chi connectivity index (χ2n) is 11.6. The summed E-state index contributed by atoms with van der Waals surface area (Å²) in [6.07, 6.45) is 10.5. The third kappa shape index (κ3) is 4.24. The number of fused-ring (bicyclic) bond motifs is 5. The summed E-state index contributed by atoms with van der Waals surface area (Å²) in [5.41, 5.74) is 1.57. The normalized spacial score (nSPS) is 41.4. The molecule has 6 heteroatoms. The van der Waals surface area contributed by atoms with Gasteiger partial charge >= 0.3 is 6.09 Å². The number of nitrogens with zero attached hydrogens (tertiary/aromatic N) is 1. The van der Waals surface area contributed by atoms with E-state index in [1.165, 1.54) is 32.1 Å². The minimum atomic E-state index is -0.457. The van der Waals surface area contributed by atoms with Crippen molar-refractivity contribution >= 4 is 17.6 Å². The van der Waals surface area contributed by atoms with Crippen LogP contribution in [0.2, 0.25) is 0 Å². The van der Waals surface area contributed by atoms with E-state index in [1.54, 1.807) is 0 Å².